The van der Waals surface area contributed by atoms with Gasteiger partial charge in [0.25, 0.3) is 0 Å². The molecule has 0 unspecified atom stereocenters. The number of nitrogens with zero attached hydrogens (tertiary/aromatic N) is 5. The molecule has 0 N–H and O–H groups in total. The Bertz CT molecular complexity index is 1070. The summed E-state index contributed by atoms with van der Waals surface area (Å²) in [5, 5.41) is 6.50. The maximum absolute atomic E-state index is 13.6. The summed E-state index contributed by atoms with van der Waals surface area (Å²) in [6.45, 7) is 6.06. The molecule has 1 aliphatic heterocycles. The molecule has 182 valence electrons. The van der Waals surface area contributed by atoms with Crippen molar-refractivity contribution in [2.45, 2.75) is 32.5 Å². The van der Waals surface area contributed by atoms with Gasteiger partial charge in [-0.3, -0.25) is 4.90 Å². The molecule has 7 nitrogen and oxygen atoms in total. The van der Waals surface area contributed by atoms with Crippen LogP contribution in [0.2, 0.25) is 0 Å². The number of benzene rings is 1. The van der Waals surface area contributed by atoms with Crippen LogP contribution < -0.4 is 0 Å². The van der Waals surface area contributed by atoms with Crippen molar-refractivity contribution < 1.29 is 26.8 Å². The highest BCUT2D eigenvalue weighted by atomic mass is 19.4. The van der Waals surface area contributed by atoms with E-state index < -0.39 is 12.1 Å². The Hall–Kier alpha value is -3.21. The normalized spacial score (nSPS) is 17.4. The molecule has 0 spiro atoms. The first-order chi connectivity index (χ1) is 16.2. The molecule has 2 heterocycles. The van der Waals surface area contributed by atoms with Gasteiger partial charge in [-0.2, -0.15) is 13.2 Å². The molecule has 2 aliphatic rings. The van der Waals surface area contributed by atoms with E-state index in [9.17, 15) is 22.4 Å². The van der Waals surface area contributed by atoms with Crippen LogP contribution in [-0.4, -0.2) is 63.7 Å². The van der Waals surface area contributed by atoms with Crippen LogP contribution in [0.5, 0.6) is 0 Å². The fourth-order valence-electron chi connectivity index (χ4n) is 3.93. The third kappa shape index (κ3) is 5.46. The van der Waals surface area contributed by atoms with E-state index in [1.54, 1.807) is 40.1 Å². The van der Waals surface area contributed by atoms with Gasteiger partial charge in [-0.1, -0.05) is 19.1 Å². The second-order valence-electron chi connectivity index (χ2n) is 8.17. The number of carbonyl (C=O) groups is 1. The molecule has 0 saturated carbocycles. The van der Waals surface area contributed by atoms with Crippen LogP contribution in [0.25, 0.3) is 11.5 Å². The summed E-state index contributed by atoms with van der Waals surface area (Å²) >= 11 is 0. The van der Waals surface area contributed by atoms with E-state index in [4.69, 9.17) is 4.42 Å². The SMILES string of the molecule is CCN1CCN(C(=O)N(Cc2ccc(-c3nnc(C(F)(F)F)o3)cc2)C2=CC=C(F)CC2)CC1. The van der Waals surface area contributed by atoms with Gasteiger partial charge in [0.05, 0.1) is 6.54 Å². The Morgan fingerprint density at radius 2 is 1.76 bits per heavy atom. The fraction of sp³-hybridized carbons (Fsp3) is 0.435. The van der Waals surface area contributed by atoms with Crippen LogP contribution in [0.15, 0.2) is 52.4 Å². The lowest BCUT2D eigenvalue weighted by atomic mass is 10.1. The van der Waals surface area contributed by atoms with Crippen molar-refractivity contribution in [1.82, 2.24) is 24.9 Å². The largest absolute Gasteiger partial charge is 0.470 e. The summed E-state index contributed by atoms with van der Waals surface area (Å²) in [5.74, 6) is -1.87. The standard InChI is InChI=1S/C23H25F4N5O2/c1-2-30-11-13-31(14-12-30)22(33)32(19-9-7-18(24)8-10-19)15-16-3-5-17(6-4-16)20-28-29-21(34-20)23(25,26)27/h3-7,9H,2,8,10-15H2,1H3. The Kier molecular flexibility index (Phi) is 7.01. The Morgan fingerprint density at radius 3 is 2.32 bits per heavy atom. The van der Waals surface area contributed by atoms with Crippen molar-refractivity contribution in [3.05, 3.63) is 59.4 Å². The summed E-state index contributed by atoms with van der Waals surface area (Å²) in [6, 6.07) is 6.39. The van der Waals surface area contributed by atoms with Crippen molar-refractivity contribution in [1.29, 1.82) is 0 Å². The van der Waals surface area contributed by atoms with Gasteiger partial charge in [-0.25, -0.2) is 9.18 Å². The molecule has 4 rings (SSSR count). The average Bonchev–Trinajstić information content (AvgIpc) is 3.34. The number of carbonyl (C=O) groups excluding carboxylic acids is 1. The van der Waals surface area contributed by atoms with Crippen molar-refractivity contribution in [2.75, 3.05) is 32.7 Å². The minimum atomic E-state index is -4.71. The first-order valence-corrected chi connectivity index (χ1v) is 11.1. The number of piperazine rings is 1. The van der Waals surface area contributed by atoms with E-state index >= 15 is 0 Å². The summed E-state index contributed by atoms with van der Waals surface area (Å²) in [4.78, 5) is 19.1. The molecular formula is C23H25F4N5O2. The van der Waals surface area contributed by atoms with Crippen LogP contribution in [0.3, 0.4) is 0 Å². The smallest absolute Gasteiger partial charge is 0.413 e. The van der Waals surface area contributed by atoms with Crippen LogP contribution in [0.1, 0.15) is 31.2 Å². The molecule has 11 heteroatoms. The van der Waals surface area contributed by atoms with E-state index in [0.717, 1.165) is 30.9 Å². The predicted octanol–water partition coefficient (Wildman–Crippen LogP) is 4.85. The zero-order valence-electron chi connectivity index (χ0n) is 18.7. The lowest BCUT2D eigenvalue weighted by molar-refractivity contribution is -0.156. The number of hydrogen-bond acceptors (Lipinski definition) is 5. The molecule has 2 amide bonds. The molecule has 0 radical (unpaired) electrons. The summed E-state index contributed by atoms with van der Waals surface area (Å²) in [6.07, 6.45) is -1.06. The van der Waals surface area contributed by atoms with E-state index in [2.05, 4.69) is 22.0 Å². The van der Waals surface area contributed by atoms with Gasteiger partial charge in [0.15, 0.2) is 0 Å². The molecule has 1 aliphatic carbocycles. The van der Waals surface area contributed by atoms with Gasteiger partial charge >= 0.3 is 18.1 Å². The summed E-state index contributed by atoms with van der Waals surface area (Å²) in [7, 11) is 0. The van der Waals surface area contributed by atoms with Gasteiger partial charge in [0.1, 0.15) is 5.83 Å². The van der Waals surface area contributed by atoms with E-state index in [1.807, 2.05) is 0 Å². The number of amides is 2. The zero-order chi connectivity index (χ0) is 24.3. The lowest BCUT2D eigenvalue weighted by Crippen LogP contribution is -2.52. The molecular weight excluding hydrogens is 454 g/mol. The third-order valence-electron chi connectivity index (χ3n) is 5.95. The quantitative estimate of drug-likeness (QED) is 0.574. The lowest BCUT2D eigenvalue weighted by Gasteiger charge is -2.38. The Morgan fingerprint density at radius 1 is 1.06 bits per heavy atom. The topological polar surface area (TPSA) is 65.7 Å². The number of aromatic nitrogens is 2. The van der Waals surface area contributed by atoms with Crippen molar-refractivity contribution in [2.24, 2.45) is 0 Å². The molecule has 1 aromatic heterocycles. The number of halogens is 4. The minimum Gasteiger partial charge on any atom is -0.413 e. The van der Waals surface area contributed by atoms with Crippen molar-refractivity contribution in [3.63, 3.8) is 0 Å². The highest BCUT2D eigenvalue weighted by Gasteiger charge is 2.38. The number of alkyl halides is 3. The third-order valence-corrected chi connectivity index (χ3v) is 5.95. The van der Waals surface area contributed by atoms with Crippen molar-refractivity contribution in [3.8, 4) is 11.5 Å². The van der Waals surface area contributed by atoms with Crippen LogP contribution >= 0.6 is 0 Å². The first-order valence-electron chi connectivity index (χ1n) is 11.1. The van der Waals surface area contributed by atoms with Gasteiger partial charge in [-0.15, -0.1) is 10.2 Å². The summed E-state index contributed by atoms with van der Waals surface area (Å²) < 4.78 is 56.5. The number of rotatable bonds is 5. The zero-order valence-corrected chi connectivity index (χ0v) is 18.7. The van der Waals surface area contributed by atoms with Gasteiger partial charge < -0.3 is 14.2 Å². The number of urea groups is 1. The number of likely N-dealkylation sites (N-methyl/N-ethyl adjacent to an activating group) is 1. The second-order valence-corrected chi connectivity index (χ2v) is 8.17. The van der Waals surface area contributed by atoms with Crippen LogP contribution in [0.4, 0.5) is 22.4 Å². The van der Waals surface area contributed by atoms with Crippen LogP contribution in [0, 0.1) is 0 Å². The average molecular weight is 479 g/mol. The van der Waals surface area contributed by atoms with E-state index in [-0.39, 0.29) is 30.7 Å². The molecule has 2 aromatic rings. The fourth-order valence-corrected chi connectivity index (χ4v) is 3.93. The predicted molar refractivity (Wildman–Crippen MR) is 116 cm³/mol. The first kappa shape index (κ1) is 23.9. The molecule has 1 fully saturated rings. The Labute approximate surface area is 194 Å². The Balaban J connectivity index is 1.52. The summed E-state index contributed by atoms with van der Waals surface area (Å²) in [5.41, 5.74) is 1.82. The van der Waals surface area contributed by atoms with Crippen LogP contribution in [-0.2, 0) is 12.7 Å². The van der Waals surface area contributed by atoms with Gasteiger partial charge in [0.2, 0.25) is 5.89 Å². The molecule has 0 bridgehead atoms. The monoisotopic (exact) mass is 479 g/mol. The molecule has 34 heavy (non-hydrogen) atoms. The van der Waals surface area contributed by atoms with E-state index in [0.29, 0.717) is 25.1 Å². The highest BCUT2D eigenvalue weighted by molar-refractivity contribution is 5.77. The minimum absolute atomic E-state index is 0.145. The molecule has 1 aromatic carbocycles. The maximum Gasteiger partial charge on any atom is 0.470 e. The molecule has 0 atom stereocenters. The van der Waals surface area contributed by atoms with Gasteiger partial charge in [0, 0.05) is 43.9 Å². The van der Waals surface area contributed by atoms with Crippen molar-refractivity contribution >= 4 is 6.03 Å². The maximum atomic E-state index is 13.6. The van der Waals surface area contributed by atoms with Gasteiger partial charge in [-0.05, 0) is 42.8 Å². The highest BCUT2D eigenvalue weighted by Crippen LogP contribution is 2.31. The number of hydrogen-bond donors (Lipinski definition) is 0. The second kappa shape index (κ2) is 9.96. The molecule has 1 saturated heterocycles. The van der Waals surface area contributed by atoms with E-state index in [1.165, 1.54) is 6.08 Å². The number of allylic oxidation sites excluding steroid dienone is 4.